The molecule has 0 aliphatic rings. The first-order chi connectivity index (χ1) is 5.24. The Labute approximate surface area is 70.4 Å². The van der Waals surface area contributed by atoms with E-state index in [2.05, 4.69) is 28.2 Å². The van der Waals surface area contributed by atoms with E-state index in [-0.39, 0.29) is 0 Å². The molecule has 0 aromatic carbocycles. The van der Waals surface area contributed by atoms with Gasteiger partial charge < -0.3 is 0 Å². The molecule has 1 aromatic rings. The van der Waals surface area contributed by atoms with E-state index < -0.39 is 0 Å². The van der Waals surface area contributed by atoms with Crippen molar-refractivity contribution in [3.8, 4) is 0 Å². The third kappa shape index (κ3) is 2.08. The van der Waals surface area contributed by atoms with E-state index in [0.717, 1.165) is 5.01 Å². The molecular formula is C7H11N3S. The molecule has 0 radical (unpaired) electrons. The van der Waals surface area contributed by atoms with Gasteiger partial charge in [0, 0.05) is 12.1 Å². The van der Waals surface area contributed by atoms with Gasteiger partial charge in [0.25, 0.3) is 5.95 Å². The normalized spacial score (nSPS) is 11.6. The third-order valence-corrected chi connectivity index (χ3v) is 2.17. The summed E-state index contributed by atoms with van der Waals surface area (Å²) in [6.07, 6.45) is 1.70. The first-order valence-electron chi connectivity index (χ1n) is 3.56. The number of hydrogen-bond acceptors (Lipinski definition) is 4. The Morgan fingerprint density at radius 2 is 2.27 bits per heavy atom. The van der Waals surface area contributed by atoms with Gasteiger partial charge in [-0.15, -0.1) is 0 Å². The van der Waals surface area contributed by atoms with Crippen LogP contribution in [0.15, 0.2) is 4.99 Å². The fraction of sp³-hybridized carbons (Fsp3) is 0.571. The molecule has 0 aliphatic heterocycles. The highest BCUT2D eigenvalue weighted by molar-refractivity contribution is 7.05. The van der Waals surface area contributed by atoms with Crippen molar-refractivity contribution in [2.75, 3.05) is 0 Å². The van der Waals surface area contributed by atoms with Crippen molar-refractivity contribution in [3.63, 3.8) is 0 Å². The third-order valence-electron chi connectivity index (χ3n) is 1.17. The molecule has 1 rings (SSSR count). The maximum atomic E-state index is 4.21. The van der Waals surface area contributed by atoms with Crippen LogP contribution in [0, 0.1) is 0 Å². The quantitative estimate of drug-likeness (QED) is 0.637. The van der Waals surface area contributed by atoms with Gasteiger partial charge in [-0.25, -0.2) is 9.98 Å². The zero-order valence-corrected chi connectivity index (χ0v) is 7.72. The van der Waals surface area contributed by atoms with E-state index in [4.69, 9.17) is 0 Å². The van der Waals surface area contributed by atoms with Crippen molar-refractivity contribution in [1.29, 1.82) is 0 Å². The predicted octanol–water partition coefficient (Wildman–Crippen LogP) is 2.38. The predicted molar refractivity (Wildman–Crippen MR) is 47.8 cm³/mol. The molecule has 1 aromatic heterocycles. The number of aromatic nitrogens is 2. The fourth-order valence-electron chi connectivity index (χ4n) is 0.629. The average Bonchev–Trinajstić information content (AvgIpc) is 2.37. The number of rotatable bonds is 2. The second kappa shape index (κ2) is 3.57. The Kier molecular flexibility index (Phi) is 2.70. The van der Waals surface area contributed by atoms with Gasteiger partial charge in [-0.05, 0) is 18.5 Å². The highest BCUT2D eigenvalue weighted by Crippen LogP contribution is 2.19. The molecular weight excluding hydrogens is 158 g/mol. The molecule has 0 fully saturated rings. The summed E-state index contributed by atoms with van der Waals surface area (Å²) in [4.78, 5) is 8.18. The van der Waals surface area contributed by atoms with Crippen molar-refractivity contribution < 1.29 is 0 Å². The van der Waals surface area contributed by atoms with Crippen molar-refractivity contribution in [3.05, 3.63) is 5.01 Å². The summed E-state index contributed by atoms with van der Waals surface area (Å²) in [5.74, 6) is 1.04. The smallest absolute Gasteiger partial charge is 0.224 e. The van der Waals surface area contributed by atoms with Crippen LogP contribution in [-0.2, 0) is 0 Å². The first kappa shape index (κ1) is 8.33. The van der Waals surface area contributed by atoms with Crippen molar-refractivity contribution in [2.45, 2.75) is 26.7 Å². The van der Waals surface area contributed by atoms with Crippen LogP contribution in [0.1, 0.15) is 31.7 Å². The zero-order valence-electron chi connectivity index (χ0n) is 6.90. The van der Waals surface area contributed by atoms with E-state index >= 15 is 0 Å². The molecule has 1 heterocycles. The lowest BCUT2D eigenvalue weighted by Gasteiger charge is -1.92. The molecule has 0 aliphatic carbocycles. The van der Waals surface area contributed by atoms with Gasteiger partial charge in [-0.3, -0.25) is 0 Å². The van der Waals surface area contributed by atoms with Crippen molar-refractivity contribution in [1.82, 2.24) is 9.36 Å². The zero-order chi connectivity index (χ0) is 8.27. The molecule has 0 bridgehead atoms. The largest absolute Gasteiger partial charge is 0.260 e. The van der Waals surface area contributed by atoms with Gasteiger partial charge >= 0.3 is 0 Å². The minimum atomic E-state index is 0.452. The number of nitrogens with zero attached hydrogens (tertiary/aromatic N) is 3. The van der Waals surface area contributed by atoms with Crippen LogP contribution in [0.4, 0.5) is 5.95 Å². The van der Waals surface area contributed by atoms with Crippen LogP contribution in [0.5, 0.6) is 0 Å². The summed E-state index contributed by atoms with van der Waals surface area (Å²) >= 11 is 1.42. The van der Waals surface area contributed by atoms with Gasteiger partial charge in [-0.2, -0.15) is 4.37 Å². The molecule has 0 saturated carbocycles. The Morgan fingerprint density at radius 3 is 2.73 bits per heavy atom. The monoisotopic (exact) mass is 169 g/mol. The summed E-state index contributed by atoms with van der Waals surface area (Å²) in [5.41, 5.74) is 0. The molecule has 3 nitrogen and oxygen atoms in total. The highest BCUT2D eigenvalue weighted by atomic mass is 32.1. The van der Waals surface area contributed by atoms with Crippen LogP contribution in [0.3, 0.4) is 0 Å². The molecule has 0 saturated heterocycles. The van der Waals surface area contributed by atoms with E-state index in [0.29, 0.717) is 11.9 Å². The minimum absolute atomic E-state index is 0.452. The molecule has 11 heavy (non-hydrogen) atoms. The molecule has 0 N–H and O–H groups in total. The lowest BCUT2D eigenvalue weighted by Crippen LogP contribution is -1.82. The number of hydrogen-bond donors (Lipinski definition) is 0. The molecule has 0 amide bonds. The maximum Gasteiger partial charge on any atom is 0.260 e. The molecule has 0 unspecified atom stereocenters. The van der Waals surface area contributed by atoms with Crippen LogP contribution < -0.4 is 0 Å². The van der Waals surface area contributed by atoms with Crippen molar-refractivity contribution in [2.24, 2.45) is 4.99 Å². The minimum Gasteiger partial charge on any atom is -0.224 e. The molecule has 0 atom stereocenters. The molecule has 4 heteroatoms. The first-order valence-corrected chi connectivity index (χ1v) is 4.33. The van der Waals surface area contributed by atoms with Crippen LogP contribution in [0.2, 0.25) is 0 Å². The Hall–Kier alpha value is -0.770. The summed E-state index contributed by atoms with van der Waals surface area (Å²) in [6.45, 7) is 6.05. The van der Waals surface area contributed by atoms with Crippen LogP contribution in [0.25, 0.3) is 0 Å². The summed E-state index contributed by atoms with van der Waals surface area (Å²) in [6, 6.07) is 0. The van der Waals surface area contributed by atoms with E-state index in [1.54, 1.807) is 6.21 Å². The fourth-order valence-corrected chi connectivity index (χ4v) is 1.23. The second-order valence-corrected chi connectivity index (χ2v) is 3.26. The topological polar surface area (TPSA) is 38.1 Å². The van der Waals surface area contributed by atoms with Crippen LogP contribution >= 0.6 is 11.5 Å². The lowest BCUT2D eigenvalue weighted by molar-refractivity contribution is 0.852. The SMILES string of the molecule is C/C=N\c1nsc(C(C)C)n1. The Morgan fingerprint density at radius 1 is 1.55 bits per heavy atom. The Bertz CT molecular complexity index is 252. The molecule has 0 spiro atoms. The van der Waals surface area contributed by atoms with Gasteiger partial charge in [0.2, 0.25) is 0 Å². The lowest BCUT2D eigenvalue weighted by atomic mass is 10.2. The summed E-state index contributed by atoms with van der Waals surface area (Å²) in [5, 5.41) is 1.05. The Balaban J connectivity index is 2.81. The maximum absolute atomic E-state index is 4.21. The summed E-state index contributed by atoms with van der Waals surface area (Å²) < 4.78 is 4.06. The van der Waals surface area contributed by atoms with E-state index in [1.165, 1.54) is 11.5 Å². The van der Waals surface area contributed by atoms with E-state index in [9.17, 15) is 0 Å². The highest BCUT2D eigenvalue weighted by Gasteiger charge is 2.05. The number of aliphatic imine (C=N–C) groups is 1. The van der Waals surface area contributed by atoms with Gasteiger partial charge in [0.1, 0.15) is 5.01 Å². The molecule has 60 valence electrons. The van der Waals surface area contributed by atoms with Gasteiger partial charge in [-0.1, -0.05) is 13.8 Å². The second-order valence-electron chi connectivity index (χ2n) is 2.47. The van der Waals surface area contributed by atoms with Gasteiger partial charge in [0.05, 0.1) is 0 Å². The summed E-state index contributed by atoms with van der Waals surface area (Å²) in [7, 11) is 0. The standard InChI is InChI=1S/C7H11N3S/c1-4-8-7-9-6(5(2)3)11-10-7/h4-5H,1-3H3/b8-4-. The average molecular weight is 169 g/mol. The van der Waals surface area contributed by atoms with E-state index in [1.807, 2.05) is 6.92 Å². The van der Waals surface area contributed by atoms with Crippen LogP contribution in [-0.4, -0.2) is 15.6 Å². The van der Waals surface area contributed by atoms with Crippen molar-refractivity contribution >= 4 is 23.7 Å². The van der Waals surface area contributed by atoms with Gasteiger partial charge in [0.15, 0.2) is 0 Å².